The lowest BCUT2D eigenvalue weighted by molar-refractivity contribution is -0.132. The summed E-state index contributed by atoms with van der Waals surface area (Å²) in [5.41, 5.74) is 24.0. The summed E-state index contributed by atoms with van der Waals surface area (Å²) < 4.78 is 10.6. The van der Waals surface area contributed by atoms with Crippen LogP contribution in [-0.4, -0.2) is 99.0 Å². The third kappa shape index (κ3) is 14.6. The third-order valence-electron chi connectivity index (χ3n) is 7.45. The molecule has 0 heterocycles. The van der Waals surface area contributed by atoms with E-state index < -0.39 is 60.2 Å². The van der Waals surface area contributed by atoms with Gasteiger partial charge in [0, 0.05) is 13.0 Å². The molecule has 0 saturated carbocycles. The number of carbonyl (C=O) groups is 5. The molecule has 4 atom stereocenters. The van der Waals surface area contributed by atoms with E-state index in [4.69, 9.17) is 32.4 Å². The van der Waals surface area contributed by atoms with E-state index in [1.807, 2.05) is 12.3 Å². The quantitative estimate of drug-likeness (QED) is 0.0402. The topological polar surface area (TPSA) is 268 Å². The van der Waals surface area contributed by atoms with E-state index in [1.165, 1.54) is 26.0 Å². The number of hydrogen-bond acceptors (Lipinski definition) is 10. The van der Waals surface area contributed by atoms with Gasteiger partial charge in [-0.15, -0.1) is 0 Å². The van der Waals surface area contributed by atoms with Gasteiger partial charge in [-0.3, -0.25) is 29.0 Å². The lowest BCUT2D eigenvalue weighted by Gasteiger charge is -2.23. The molecule has 17 heteroatoms. The number of hydrogen-bond donors (Lipinski definition) is 8. The van der Waals surface area contributed by atoms with Crippen molar-refractivity contribution >= 4 is 47.3 Å². The van der Waals surface area contributed by atoms with Gasteiger partial charge in [0.15, 0.2) is 17.5 Å². The van der Waals surface area contributed by atoms with Crippen LogP contribution in [0.2, 0.25) is 0 Å². The van der Waals surface area contributed by atoms with Crippen molar-refractivity contribution in [1.29, 1.82) is 0 Å². The van der Waals surface area contributed by atoms with Gasteiger partial charge in [-0.2, -0.15) is 11.8 Å². The van der Waals surface area contributed by atoms with E-state index in [2.05, 4.69) is 26.3 Å². The highest BCUT2D eigenvalue weighted by Crippen LogP contribution is 2.28. The first-order valence-corrected chi connectivity index (χ1v) is 17.3. The molecule has 0 fully saturated rings. The number of benzene rings is 2. The Kier molecular flexibility index (Phi) is 18.0. The van der Waals surface area contributed by atoms with Crippen LogP contribution < -0.4 is 53.7 Å². The van der Waals surface area contributed by atoms with Crippen molar-refractivity contribution in [3.8, 4) is 11.5 Å². The van der Waals surface area contributed by atoms with E-state index >= 15 is 0 Å². The molecule has 16 nitrogen and oxygen atoms in total. The van der Waals surface area contributed by atoms with E-state index in [0.29, 0.717) is 35.7 Å². The third-order valence-corrected chi connectivity index (χ3v) is 8.09. The number of nitrogens with one attached hydrogen (secondary N) is 4. The lowest BCUT2D eigenvalue weighted by Crippen LogP contribution is -2.56. The number of primary amides is 1. The Morgan fingerprint density at radius 1 is 0.780 bits per heavy atom. The standard InChI is InChI=1S/C33H49N9O7S/c1-48-26-12-11-21(18-27(26)49-2)16-22(34)30(45)42-24(10-7-14-38-33(36)37)31(46)39-19-28(43)40-25(17-20-8-5-4-6-9-20)32(47)41-23(29(35)44)13-15-50-3/h4-6,8-9,11-12,18,22-25H,7,10,13-17,19,34H2,1-3H3,(H2,35,44)(H,39,46)(H,40,43)(H,41,47)(H,42,45)(H4,36,37,38)/t22?,23?,24-,25?/m1/s1. The number of nitrogens with zero attached hydrogens (tertiary/aromatic N) is 1. The van der Waals surface area contributed by atoms with Gasteiger partial charge in [0.2, 0.25) is 29.5 Å². The second-order valence-corrected chi connectivity index (χ2v) is 12.3. The van der Waals surface area contributed by atoms with Crippen LogP contribution in [0, 0.1) is 0 Å². The summed E-state index contributed by atoms with van der Waals surface area (Å²) in [5.74, 6) is -1.78. The summed E-state index contributed by atoms with van der Waals surface area (Å²) in [4.78, 5) is 68.6. The molecular weight excluding hydrogens is 666 g/mol. The molecule has 0 radical (unpaired) electrons. The van der Waals surface area contributed by atoms with Crippen molar-refractivity contribution in [2.45, 2.75) is 56.3 Å². The molecule has 0 aliphatic heterocycles. The summed E-state index contributed by atoms with van der Waals surface area (Å²) in [7, 11) is 3.00. The summed E-state index contributed by atoms with van der Waals surface area (Å²) in [6, 6.07) is 10.00. The van der Waals surface area contributed by atoms with Crippen LogP contribution in [0.25, 0.3) is 0 Å². The maximum atomic E-state index is 13.3. The number of methoxy groups -OCH3 is 2. The number of carbonyl (C=O) groups excluding carboxylic acids is 5. The zero-order valence-corrected chi connectivity index (χ0v) is 29.4. The molecule has 0 aliphatic rings. The van der Waals surface area contributed by atoms with E-state index in [-0.39, 0.29) is 31.8 Å². The van der Waals surface area contributed by atoms with Crippen molar-refractivity contribution in [3.63, 3.8) is 0 Å². The highest BCUT2D eigenvalue weighted by Gasteiger charge is 2.28. The zero-order chi connectivity index (χ0) is 37.1. The monoisotopic (exact) mass is 715 g/mol. The Morgan fingerprint density at radius 3 is 2.08 bits per heavy atom. The smallest absolute Gasteiger partial charge is 0.243 e. The fourth-order valence-corrected chi connectivity index (χ4v) is 5.27. The number of nitrogens with two attached hydrogens (primary N) is 4. The lowest BCUT2D eigenvalue weighted by atomic mass is 10.0. The molecule has 5 amide bonds. The van der Waals surface area contributed by atoms with Crippen LogP contribution in [0.1, 0.15) is 30.4 Å². The number of ether oxygens (including phenoxy) is 2. The molecule has 2 rings (SSSR count). The molecular formula is C33H49N9O7S. The molecule has 2 aromatic carbocycles. The number of thioether (sulfide) groups is 1. The highest BCUT2D eigenvalue weighted by molar-refractivity contribution is 7.98. The van der Waals surface area contributed by atoms with Crippen LogP contribution in [-0.2, 0) is 36.8 Å². The molecule has 0 spiro atoms. The van der Waals surface area contributed by atoms with Gasteiger partial charge in [0.25, 0.3) is 0 Å². The highest BCUT2D eigenvalue weighted by atomic mass is 32.2. The minimum atomic E-state index is -1.09. The van der Waals surface area contributed by atoms with Gasteiger partial charge < -0.3 is 53.7 Å². The molecule has 0 aliphatic carbocycles. The molecule has 0 aromatic heterocycles. The largest absolute Gasteiger partial charge is 0.493 e. The summed E-state index contributed by atoms with van der Waals surface area (Å²) >= 11 is 1.49. The van der Waals surface area contributed by atoms with Gasteiger partial charge in [-0.25, -0.2) is 0 Å². The summed E-state index contributed by atoms with van der Waals surface area (Å²) in [6.45, 7) is -0.319. The first kappa shape index (κ1) is 41.1. The minimum Gasteiger partial charge on any atom is -0.493 e. The maximum absolute atomic E-state index is 13.3. The van der Waals surface area contributed by atoms with E-state index in [9.17, 15) is 24.0 Å². The molecule has 12 N–H and O–H groups in total. The molecule has 2 aromatic rings. The molecule has 0 saturated heterocycles. The van der Waals surface area contributed by atoms with Crippen molar-refractivity contribution in [1.82, 2.24) is 21.3 Å². The van der Waals surface area contributed by atoms with Crippen molar-refractivity contribution in [2.24, 2.45) is 27.9 Å². The molecule has 3 unspecified atom stereocenters. The Balaban J connectivity index is 2.12. The fraction of sp³-hybridized carbons (Fsp3) is 0.455. The molecule has 50 heavy (non-hydrogen) atoms. The van der Waals surface area contributed by atoms with Crippen molar-refractivity contribution < 1.29 is 33.4 Å². The zero-order valence-electron chi connectivity index (χ0n) is 28.6. The maximum Gasteiger partial charge on any atom is 0.243 e. The van der Waals surface area contributed by atoms with Gasteiger partial charge in [-0.05, 0) is 61.0 Å². The van der Waals surface area contributed by atoms with Crippen molar-refractivity contribution in [3.05, 3.63) is 59.7 Å². The number of guanidine groups is 1. The van der Waals surface area contributed by atoms with Crippen LogP contribution >= 0.6 is 11.8 Å². The molecule has 274 valence electrons. The SMILES string of the molecule is COc1ccc(CC(N)C(=O)N[C@H](CCCN=C(N)N)C(=O)NCC(=O)NC(Cc2ccccc2)C(=O)NC(CCSC)C(N)=O)cc1OC. The van der Waals surface area contributed by atoms with Crippen LogP contribution in [0.3, 0.4) is 0 Å². The predicted octanol–water partition coefficient (Wildman–Crippen LogP) is -1.32. The van der Waals surface area contributed by atoms with Gasteiger partial charge in [-0.1, -0.05) is 36.4 Å². The summed E-state index contributed by atoms with van der Waals surface area (Å²) in [6.07, 6.45) is 2.88. The Bertz CT molecular complexity index is 1460. The first-order valence-electron chi connectivity index (χ1n) is 15.9. The first-order chi connectivity index (χ1) is 23.9. The van der Waals surface area contributed by atoms with E-state index in [0.717, 1.165) is 5.56 Å². The van der Waals surface area contributed by atoms with Crippen molar-refractivity contribution in [2.75, 3.05) is 39.3 Å². The second-order valence-electron chi connectivity index (χ2n) is 11.3. The fourth-order valence-electron chi connectivity index (χ4n) is 4.79. The van der Waals surface area contributed by atoms with Gasteiger partial charge in [0.05, 0.1) is 26.8 Å². The van der Waals surface area contributed by atoms with Crippen LogP contribution in [0.4, 0.5) is 0 Å². The molecule has 0 bridgehead atoms. The number of aliphatic imine (C=N–C) groups is 1. The van der Waals surface area contributed by atoms with E-state index in [1.54, 1.807) is 42.5 Å². The number of amides is 5. The normalized spacial score (nSPS) is 13.0. The van der Waals surface area contributed by atoms with Gasteiger partial charge >= 0.3 is 0 Å². The number of rotatable bonds is 22. The Labute approximate surface area is 296 Å². The Morgan fingerprint density at radius 2 is 1.46 bits per heavy atom. The van der Waals surface area contributed by atoms with Crippen LogP contribution in [0.5, 0.6) is 11.5 Å². The summed E-state index contributed by atoms with van der Waals surface area (Å²) in [5, 5.41) is 10.4. The average molecular weight is 716 g/mol. The Hall–Kier alpha value is -5.03. The second kappa shape index (κ2) is 21.8. The van der Waals surface area contributed by atoms with Crippen LogP contribution in [0.15, 0.2) is 53.5 Å². The predicted molar refractivity (Wildman–Crippen MR) is 192 cm³/mol. The van der Waals surface area contributed by atoms with Gasteiger partial charge in [0.1, 0.15) is 18.1 Å². The minimum absolute atomic E-state index is 0.113. The average Bonchev–Trinajstić information content (AvgIpc) is 3.09.